The number of nitrogens with one attached hydrogen (secondary N) is 1. The summed E-state index contributed by atoms with van der Waals surface area (Å²) in [5, 5.41) is 2.57. The molecule has 1 aromatic heterocycles. The van der Waals surface area contributed by atoms with Crippen LogP contribution in [0.4, 0.5) is 18.9 Å². The number of methoxy groups -OCH3 is 1. The smallest absolute Gasteiger partial charge is 0.397 e. The molecular weight excluding hydrogens is 399 g/mol. The molecule has 0 unspecified atom stereocenters. The minimum Gasteiger partial charge on any atom is -0.397 e. The predicted molar refractivity (Wildman–Crippen MR) is 94.4 cm³/mol. The third-order valence-electron chi connectivity index (χ3n) is 3.72. The lowest BCUT2D eigenvalue weighted by Crippen LogP contribution is -2.27. The van der Waals surface area contributed by atoms with E-state index in [0.717, 1.165) is 24.4 Å². The lowest BCUT2D eigenvalue weighted by Gasteiger charge is -2.10. The average Bonchev–Trinajstić information content (AvgIpc) is 2.64. The van der Waals surface area contributed by atoms with Crippen LogP contribution >= 0.6 is 0 Å². The molecule has 28 heavy (non-hydrogen) atoms. The van der Waals surface area contributed by atoms with Crippen LogP contribution in [0.2, 0.25) is 0 Å². The summed E-state index contributed by atoms with van der Waals surface area (Å²) in [5.41, 5.74) is 4.46. The summed E-state index contributed by atoms with van der Waals surface area (Å²) in [7, 11) is -2.62. The summed E-state index contributed by atoms with van der Waals surface area (Å²) < 4.78 is 67.9. The van der Waals surface area contributed by atoms with Crippen LogP contribution in [-0.4, -0.2) is 39.6 Å². The highest BCUT2D eigenvalue weighted by molar-refractivity contribution is 7.91. The van der Waals surface area contributed by atoms with Crippen molar-refractivity contribution in [2.45, 2.75) is 22.4 Å². The number of nitrogen functional groups attached to an aromatic ring is 1. The van der Waals surface area contributed by atoms with Crippen molar-refractivity contribution in [3.8, 4) is 0 Å². The van der Waals surface area contributed by atoms with Gasteiger partial charge in [-0.15, -0.1) is 0 Å². The van der Waals surface area contributed by atoms with Crippen molar-refractivity contribution < 1.29 is 31.1 Å². The van der Waals surface area contributed by atoms with Gasteiger partial charge in [-0.3, -0.25) is 4.79 Å². The summed E-state index contributed by atoms with van der Waals surface area (Å²) in [4.78, 5) is 15.2. The van der Waals surface area contributed by atoms with Gasteiger partial charge in [0, 0.05) is 26.5 Å². The second kappa shape index (κ2) is 8.57. The molecule has 1 aromatic carbocycles. The Labute approximate surface area is 159 Å². The van der Waals surface area contributed by atoms with Crippen molar-refractivity contribution in [3.63, 3.8) is 0 Å². The van der Waals surface area contributed by atoms with Gasteiger partial charge in [-0.05, 0) is 36.8 Å². The minimum atomic E-state index is -4.58. The number of sulfone groups is 1. The number of benzene rings is 1. The molecule has 2 rings (SSSR count). The van der Waals surface area contributed by atoms with Crippen molar-refractivity contribution >= 4 is 21.4 Å². The number of alkyl halides is 3. The highest BCUT2D eigenvalue weighted by atomic mass is 32.2. The molecule has 0 bridgehead atoms. The van der Waals surface area contributed by atoms with E-state index < -0.39 is 27.5 Å². The molecule has 0 saturated heterocycles. The third kappa shape index (κ3) is 4.98. The van der Waals surface area contributed by atoms with Gasteiger partial charge in [-0.1, -0.05) is 0 Å². The zero-order valence-corrected chi connectivity index (χ0v) is 15.6. The lowest BCUT2D eigenvalue weighted by atomic mass is 10.2. The largest absolute Gasteiger partial charge is 0.416 e. The van der Waals surface area contributed by atoms with Gasteiger partial charge in [0.05, 0.1) is 21.0 Å². The molecule has 7 nitrogen and oxygen atoms in total. The molecular formula is C17H18F3N3O4S. The molecule has 0 saturated carbocycles. The van der Waals surface area contributed by atoms with Gasteiger partial charge in [0.2, 0.25) is 9.84 Å². The molecule has 0 fully saturated rings. The molecule has 1 heterocycles. The number of nitrogens with zero attached hydrogens (tertiary/aromatic N) is 1. The van der Waals surface area contributed by atoms with Gasteiger partial charge >= 0.3 is 6.18 Å². The zero-order valence-electron chi connectivity index (χ0n) is 14.8. The van der Waals surface area contributed by atoms with Gasteiger partial charge < -0.3 is 15.8 Å². The maximum Gasteiger partial charge on any atom is 0.416 e. The van der Waals surface area contributed by atoms with Gasteiger partial charge in [0.15, 0.2) is 5.69 Å². The monoisotopic (exact) mass is 417 g/mol. The summed E-state index contributed by atoms with van der Waals surface area (Å²) in [6, 6.07) is 4.09. The number of rotatable bonds is 7. The van der Waals surface area contributed by atoms with Crippen molar-refractivity contribution in [3.05, 3.63) is 47.8 Å². The van der Waals surface area contributed by atoms with Gasteiger partial charge in [-0.2, -0.15) is 13.2 Å². The summed E-state index contributed by atoms with van der Waals surface area (Å²) in [5.74, 6) is -0.577. The van der Waals surface area contributed by atoms with E-state index in [1.807, 2.05) is 0 Å². The van der Waals surface area contributed by atoms with E-state index in [4.69, 9.17) is 10.5 Å². The van der Waals surface area contributed by atoms with E-state index in [9.17, 15) is 26.4 Å². The van der Waals surface area contributed by atoms with Crippen LogP contribution in [0, 0.1) is 0 Å². The molecule has 0 radical (unpaired) electrons. The number of nitrogens with two attached hydrogens (primary N) is 1. The second-order valence-electron chi connectivity index (χ2n) is 5.74. The third-order valence-corrected chi connectivity index (χ3v) is 5.46. The molecule has 0 aliphatic carbocycles. The first-order valence-corrected chi connectivity index (χ1v) is 9.50. The Bertz CT molecular complexity index is 945. The SMILES string of the molecule is COCCCNC(=O)c1ncc(S(=O)(=O)c2ccc(C(F)(F)F)cc2)cc1N. The number of hydrogen-bond donors (Lipinski definition) is 2. The van der Waals surface area contributed by atoms with Gasteiger partial charge in [-0.25, -0.2) is 13.4 Å². The highest BCUT2D eigenvalue weighted by Gasteiger charge is 2.31. The van der Waals surface area contributed by atoms with Gasteiger partial charge in [0.1, 0.15) is 0 Å². The number of amides is 1. The fourth-order valence-electron chi connectivity index (χ4n) is 2.26. The molecule has 0 aliphatic heterocycles. The Morgan fingerprint density at radius 2 is 1.86 bits per heavy atom. The minimum absolute atomic E-state index is 0.149. The first kappa shape index (κ1) is 21.6. The molecule has 0 spiro atoms. The predicted octanol–water partition coefficient (Wildman–Crippen LogP) is 2.28. The van der Waals surface area contributed by atoms with E-state index in [1.165, 1.54) is 7.11 Å². The van der Waals surface area contributed by atoms with Crippen LogP contribution in [-0.2, 0) is 20.8 Å². The Morgan fingerprint density at radius 1 is 1.21 bits per heavy atom. The van der Waals surface area contributed by atoms with Crippen LogP contribution in [0.15, 0.2) is 46.3 Å². The summed E-state index contributed by atoms with van der Waals surface area (Å²) in [6.07, 6.45) is -3.07. The van der Waals surface area contributed by atoms with Crippen molar-refractivity contribution in [1.29, 1.82) is 0 Å². The quantitative estimate of drug-likeness (QED) is 0.669. The van der Waals surface area contributed by atoms with Crippen LogP contribution in [0.1, 0.15) is 22.5 Å². The normalized spacial score (nSPS) is 12.0. The van der Waals surface area contributed by atoms with Crippen molar-refractivity contribution in [2.75, 3.05) is 26.0 Å². The van der Waals surface area contributed by atoms with Gasteiger partial charge in [0.25, 0.3) is 5.91 Å². The van der Waals surface area contributed by atoms with E-state index in [-0.39, 0.29) is 21.2 Å². The fraction of sp³-hybridized carbons (Fsp3) is 0.294. The van der Waals surface area contributed by atoms with Crippen LogP contribution in [0.25, 0.3) is 0 Å². The highest BCUT2D eigenvalue weighted by Crippen LogP contribution is 2.31. The van der Waals surface area contributed by atoms with Crippen LogP contribution in [0.3, 0.4) is 0 Å². The maximum absolute atomic E-state index is 12.6. The Morgan fingerprint density at radius 3 is 2.39 bits per heavy atom. The summed E-state index contributed by atoms with van der Waals surface area (Å²) >= 11 is 0. The first-order valence-electron chi connectivity index (χ1n) is 8.02. The van der Waals surface area contributed by atoms with E-state index in [0.29, 0.717) is 31.7 Å². The maximum atomic E-state index is 12.6. The Hall–Kier alpha value is -2.66. The standard InChI is InChI=1S/C17H18F3N3O4S/c1-27-8-2-7-22-16(24)15-14(21)9-13(10-23-15)28(25,26)12-5-3-11(4-6-12)17(18,19)20/h3-6,9-10H,2,7-8,21H2,1H3,(H,22,24). The molecule has 152 valence electrons. The first-order chi connectivity index (χ1) is 13.1. The number of ether oxygens (including phenoxy) is 1. The number of pyridine rings is 1. The Kier molecular flexibility index (Phi) is 6.62. The summed E-state index contributed by atoms with van der Waals surface area (Å²) in [6.45, 7) is 0.771. The second-order valence-corrected chi connectivity index (χ2v) is 7.69. The number of carbonyl (C=O) groups excluding carboxylic acids is 1. The lowest BCUT2D eigenvalue weighted by molar-refractivity contribution is -0.137. The molecule has 1 amide bonds. The number of carbonyl (C=O) groups is 1. The van der Waals surface area contributed by atoms with E-state index >= 15 is 0 Å². The van der Waals surface area contributed by atoms with E-state index in [1.54, 1.807) is 0 Å². The Balaban J connectivity index is 2.23. The molecule has 0 aliphatic rings. The van der Waals surface area contributed by atoms with Crippen LogP contribution in [0.5, 0.6) is 0 Å². The molecule has 11 heteroatoms. The zero-order chi connectivity index (χ0) is 20.9. The average molecular weight is 417 g/mol. The number of anilines is 1. The fourth-order valence-corrected chi connectivity index (χ4v) is 3.50. The topological polar surface area (TPSA) is 111 Å². The molecule has 3 N–H and O–H groups in total. The van der Waals surface area contributed by atoms with Crippen molar-refractivity contribution in [1.82, 2.24) is 10.3 Å². The number of hydrogen-bond acceptors (Lipinski definition) is 6. The molecule has 0 atom stereocenters. The number of aromatic nitrogens is 1. The number of halogens is 3. The van der Waals surface area contributed by atoms with E-state index in [2.05, 4.69) is 10.3 Å². The van der Waals surface area contributed by atoms with Crippen molar-refractivity contribution in [2.24, 2.45) is 0 Å². The molecule has 2 aromatic rings. The van der Waals surface area contributed by atoms with Crippen LogP contribution < -0.4 is 11.1 Å².